The van der Waals surface area contributed by atoms with E-state index in [0.29, 0.717) is 35.5 Å². The first-order valence-corrected chi connectivity index (χ1v) is 8.59. The lowest BCUT2D eigenvalue weighted by atomic mass is 9.84. The Labute approximate surface area is 136 Å². The summed E-state index contributed by atoms with van der Waals surface area (Å²) >= 11 is 0. The van der Waals surface area contributed by atoms with Crippen molar-refractivity contribution in [1.82, 2.24) is 4.90 Å². The van der Waals surface area contributed by atoms with Crippen LogP contribution in [0.2, 0.25) is 0 Å². The third-order valence-corrected chi connectivity index (χ3v) is 5.20. The van der Waals surface area contributed by atoms with Crippen molar-refractivity contribution in [3.8, 4) is 0 Å². The summed E-state index contributed by atoms with van der Waals surface area (Å²) in [6, 6.07) is 1.90. The Balaban J connectivity index is 1.66. The summed E-state index contributed by atoms with van der Waals surface area (Å²) in [5.41, 5.74) is 0.578. The molecule has 2 aliphatic heterocycles. The van der Waals surface area contributed by atoms with Crippen molar-refractivity contribution >= 4 is 5.97 Å². The lowest BCUT2D eigenvalue weighted by Gasteiger charge is -2.44. The first kappa shape index (κ1) is 16.2. The maximum Gasteiger partial charge on any atom is 0.341 e. The molecule has 0 N–H and O–H groups in total. The Kier molecular flexibility index (Phi) is 4.85. The highest BCUT2D eigenvalue weighted by Gasteiger charge is 2.33. The lowest BCUT2D eigenvalue weighted by molar-refractivity contribution is 0.00711. The standard InChI is InChI=1S/C18H25NO4/c1-12-10-16(20)23-13(2)17(12)18(21)22-11-14-6-5-9-19-8-4-3-7-15(14)19/h10,14-15H,3-9,11H2,1-2H3/t14-,15-/m1/s1. The molecule has 0 amide bonds. The predicted molar refractivity (Wildman–Crippen MR) is 86.7 cm³/mol. The van der Waals surface area contributed by atoms with E-state index in [1.807, 2.05) is 0 Å². The largest absolute Gasteiger partial charge is 0.462 e. The first-order chi connectivity index (χ1) is 11.1. The molecule has 0 bridgehead atoms. The summed E-state index contributed by atoms with van der Waals surface area (Å²) in [5.74, 6) is 0.379. The summed E-state index contributed by atoms with van der Waals surface area (Å²) < 4.78 is 10.6. The van der Waals surface area contributed by atoms with Crippen molar-refractivity contribution in [3.05, 3.63) is 33.4 Å². The Morgan fingerprint density at radius 3 is 2.83 bits per heavy atom. The Morgan fingerprint density at radius 1 is 1.26 bits per heavy atom. The van der Waals surface area contributed by atoms with E-state index >= 15 is 0 Å². The van der Waals surface area contributed by atoms with Gasteiger partial charge in [0.2, 0.25) is 0 Å². The highest BCUT2D eigenvalue weighted by Crippen LogP contribution is 2.31. The van der Waals surface area contributed by atoms with Crippen molar-refractivity contribution in [1.29, 1.82) is 0 Å². The molecular formula is C18H25NO4. The molecule has 5 nitrogen and oxygen atoms in total. The third-order valence-electron chi connectivity index (χ3n) is 5.20. The molecule has 0 radical (unpaired) electrons. The van der Waals surface area contributed by atoms with Crippen LogP contribution in [-0.4, -0.2) is 36.6 Å². The second kappa shape index (κ2) is 6.87. The highest BCUT2D eigenvalue weighted by atomic mass is 16.5. The normalized spacial score (nSPS) is 25.0. The monoisotopic (exact) mass is 319 g/mol. The molecule has 5 heteroatoms. The Morgan fingerprint density at radius 2 is 2.04 bits per heavy atom. The van der Waals surface area contributed by atoms with Crippen LogP contribution in [0, 0.1) is 19.8 Å². The van der Waals surface area contributed by atoms with E-state index in [0.717, 1.165) is 6.42 Å². The molecule has 3 heterocycles. The quantitative estimate of drug-likeness (QED) is 0.802. The van der Waals surface area contributed by atoms with Crippen molar-refractivity contribution < 1.29 is 13.9 Å². The van der Waals surface area contributed by atoms with Crippen LogP contribution in [-0.2, 0) is 4.74 Å². The van der Waals surface area contributed by atoms with E-state index in [9.17, 15) is 9.59 Å². The van der Waals surface area contributed by atoms with Gasteiger partial charge < -0.3 is 9.15 Å². The zero-order valence-electron chi connectivity index (χ0n) is 14.0. The molecule has 2 fully saturated rings. The van der Waals surface area contributed by atoms with Crippen LogP contribution in [0.3, 0.4) is 0 Å². The molecule has 0 unspecified atom stereocenters. The molecule has 0 aromatic carbocycles. The van der Waals surface area contributed by atoms with Gasteiger partial charge in [-0.2, -0.15) is 0 Å². The van der Waals surface area contributed by atoms with Gasteiger partial charge >= 0.3 is 11.6 Å². The maximum absolute atomic E-state index is 12.4. The second-order valence-electron chi connectivity index (χ2n) is 6.78. The van der Waals surface area contributed by atoms with Crippen molar-refractivity contribution in [3.63, 3.8) is 0 Å². The molecule has 1 aromatic rings. The van der Waals surface area contributed by atoms with Crippen molar-refractivity contribution in [2.24, 2.45) is 5.92 Å². The zero-order valence-corrected chi connectivity index (χ0v) is 14.0. The summed E-state index contributed by atoms with van der Waals surface area (Å²) in [5, 5.41) is 0. The van der Waals surface area contributed by atoms with Gasteiger partial charge in [-0.3, -0.25) is 4.90 Å². The second-order valence-corrected chi connectivity index (χ2v) is 6.78. The fraction of sp³-hybridized carbons (Fsp3) is 0.667. The number of piperidine rings is 2. The van der Waals surface area contributed by atoms with Gasteiger partial charge in [0.15, 0.2) is 0 Å². The fourth-order valence-electron chi connectivity index (χ4n) is 4.09. The fourth-order valence-corrected chi connectivity index (χ4v) is 4.09. The van der Waals surface area contributed by atoms with E-state index in [4.69, 9.17) is 9.15 Å². The molecule has 3 rings (SSSR count). The molecule has 2 saturated heterocycles. The number of ether oxygens (including phenoxy) is 1. The summed E-state index contributed by atoms with van der Waals surface area (Å²) in [4.78, 5) is 26.3. The van der Waals surface area contributed by atoms with Crippen LogP contribution < -0.4 is 5.63 Å². The predicted octanol–water partition coefficient (Wildman–Crippen LogP) is 2.68. The number of fused-ring (bicyclic) bond motifs is 1. The van der Waals surface area contributed by atoms with Gasteiger partial charge in [-0.1, -0.05) is 6.42 Å². The maximum atomic E-state index is 12.4. The number of rotatable bonds is 3. The molecular weight excluding hydrogens is 294 g/mol. The lowest BCUT2D eigenvalue weighted by Crippen LogP contribution is -2.49. The Bertz CT molecular complexity index is 608. The van der Waals surface area contributed by atoms with Gasteiger partial charge in [0.05, 0.1) is 6.61 Å². The number of carbonyl (C=O) groups excluding carboxylic acids is 1. The molecule has 0 aliphatic carbocycles. The van der Waals surface area contributed by atoms with Crippen LogP contribution >= 0.6 is 0 Å². The van der Waals surface area contributed by atoms with Gasteiger partial charge in [-0.15, -0.1) is 0 Å². The van der Waals surface area contributed by atoms with Gasteiger partial charge in [-0.25, -0.2) is 9.59 Å². The molecule has 2 atom stereocenters. The van der Waals surface area contributed by atoms with Crippen molar-refractivity contribution in [2.45, 2.75) is 52.0 Å². The molecule has 0 saturated carbocycles. The number of esters is 1. The van der Waals surface area contributed by atoms with Crippen molar-refractivity contribution in [2.75, 3.05) is 19.7 Å². The summed E-state index contributed by atoms with van der Waals surface area (Å²) in [6.45, 7) is 6.19. The number of aryl methyl sites for hydroxylation is 2. The van der Waals surface area contributed by atoms with Gasteiger partial charge in [0, 0.05) is 18.0 Å². The molecule has 23 heavy (non-hydrogen) atoms. The van der Waals surface area contributed by atoms with E-state index < -0.39 is 5.63 Å². The van der Waals surface area contributed by atoms with E-state index in [1.165, 1.54) is 44.8 Å². The zero-order chi connectivity index (χ0) is 16.4. The van der Waals surface area contributed by atoms with E-state index in [-0.39, 0.29) is 5.97 Å². The smallest absolute Gasteiger partial charge is 0.341 e. The topological polar surface area (TPSA) is 59.8 Å². The first-order valence-electron chi connectivity index (χ1n) is 8.59. The van der Waals surface area contributed by atoms with Crippen LogP contribution in [0.4, 0.5) is 0 Å². The molecule has 2 aliphatic rings. The van der Waals surface area contributed by atoms with Gasteiger partial charge in [0.25, 0.3) is 0 Å². The average molecular weight is 319 g/mol. The summed E-state index contributed by atoms with van der Waals surface area (Å²) in [6.07, 6.45) is 6.06. The van der Waals surface area contributed by atoms with Crippen LogP contribution in [0.1, 0.15) is 53.8 Å². The summed E-state index contributed by atoms with van der Waals surface area (Å²) in [7, 11) is 0. The van der Waals surface area contributed by atoms with E-state index in [2.05, 4.69) is 4.90 Å². The number of nitrogens with zero attached hydrogens (tertiary/aromatic N) is 1. The third kappa shape index (κ3) is 3.50. The van der Waals surface area contributed by atoms with Crippen LogP contribution in [0.5, 0.6) is 0 Å². The van der Waals surface area contributed by atoms with Gasteiger partial charge in [0.1, 0.15) is 11.3 Å². The average Bonchev–Trinajstić information content (AvgIpc) is 2.52. The minimum atomic E-state index is -0.429. The molecule has 0 spiro atoms. The van der Waals surface area contributed by atoms with E-state index in [1.54, 1.807) is 13.8 Å². The molecule has 1 aromatic heterocycles. The minimum Gasteiger partial charge on any atom is -0.462 e. The Hall–Kier alpha value is -1.62. The highest BCUT2D eigenvalue weighted by molar-refractivity contribution is 5.91. The van der Waals surface area contributed by atoms with Gasteiger partial charge in [-0.05, 0) is 58.2 Å². The number of carbonyl (C=O) groups is 1. The molecule has 126 valence electrons. The van der Waals surface area contributed by atoms with Crippen LogP contribution in [0.25, 0.3) is 0 Å². The minimum absolute atomic E-state index is 0.336. The SMILES string of the molecule is Cc1cc(=O)oc(C)c1C(=O)OC[C@H]1CCCN2CCCC[C@H]12. The number of hydrogen-bond acceptors (Lipinski definition) is 5. The van der Waals surface area contributed by atoms with Crippen LogP contribution in [0.15, 0.2) is 15.3 Å². The number of hydrogen-bond donors (Lipinski definition) is 0.